The lowest BCUT2D eigenvalue weighted by Crippen LogP contribution is -2.28. The number of hydrogen-bond donors (Lipinski definition) is 1. The van der Waals surface area contributed by atoms with Gasteiger partial charge in [-0.25, -0.2) is 4.39 Å². The van der Waals surface area contributed by atoms with E-state index >= 15 is 0 Å². The van der Waals surface area contributed by atoms with Gasteiger partial charge in [-0.15, -0.1) is 10.2 Å². The minimum atomic E-state index is -0.297. The van der Waals surface area contributed by atoms with Crippen LogP contribution in [0.1, 0.15) is 36.7 Å². The van der Waals surface area contributed by atoms with Gasteiger partial charge in [-0.05, 0) is 53.4 Å². The van der Waals surface area contributed by atoms with Crippen molar-refractivity contribution in [3.63, 3.8) is 0 Å². The summed E-state index contributed by atoms with van der Waals surface area (Å²) in [5, 5.41) is 10.9. The summed E-state index contributed by atoms with van der Waals surface area (Å²) in [5.74, 6) is -0.0831. The van der Waals surface area contributed by atoms with Crippen molar-refractivity contribution in [2.45, 2.75) is 26.2 Å². The molecule has 29 heavy (non-hydrogen) atoms. The summed E-state index contributed by atoms with van der Waals surface area (Å²) >= 11 is 0. The van der Waals surface area contributed by atoms with Crippen LogP contribution in [0.5, 0.6) is 5.88 Å². The zero-order valence-electron chi connectivity index (χ0n) is 16.8. The number of amides is 1. The number of halogens is 1. The van der Waals surface area contributed by atoms with E-state index in [0.717, 1.165) is 5.56 Å². The van der Waals surface area contributed by atoms with Gasteiger partial charge in [-0.1, -0.05) is 32.9 Å². The highest BCUT2D eigenvalue weighted by molar-refractivity contribution is 5.94. The lowest BCUT2D eigenvalue weighted by Gasteiger charge is -2.19. The molecule has 0 saturated carbocycles. The van der Waals surface area contributed by atoms with Crippen molar-refractivity contribution in [3.05, 3.63) is 77.6 Å². The molecule has 0 aliphatic carbocycles. The van der Waals surface area contributed by atoms with Crippen molar-refractivity contribution >= 4 is 5.91 Å². The van der Waals surface area contributed by atoms with Crippen LogP contribution in [0, 0.1) is 5.82 Å². The van der Waals surface area contributed by atoms with Gasteiger partial charge in [0.1, 0.15) is 12.4 Å². The minimum Gasteiger partial charge on any atom is -0.475 e. The summed E-state index contributed by atoms with van der Waals surface area (Å²) in [6.45, 7) is 7.02. The Kier molecular flexibility index (Phi) is 6.22. The number of benzene rings is 2. The Morgan fingerprint density at radius 3 is 2.24 bits per heavy atom. The normalized spacial score (nSPS) is 11.2. The smallest absolute Gasteiger partial charge is 0.251 e. The molecule has 3 aromatic rings. The molecule has 0 spiro atoms. The molecule has 0 unspecified atom stereocenters. The number of aromatic nitrogens is 2. The van der Waals surface area contributed by atoms with Gasteiger partial charge in [0.15, 0.2) is 0 Å². The third-order valence-corrected chi connectivity index (χ3v) is 4.43. The first-order chi connectivity index (χ1) is 13.8. The first kappa shape index (κ1) is 20.5. The molecule has 5 nitrogen and oxygen atoms in total. The summed E-state index contributed by atoms with van der Waals surface area (Å²) in [7, 11) is 0. The zero-order chi connectivity index (χ0) is 20.9. The Morgan fingerprint density at radius 1 is 0.966 bits per heavy atom. The highest BCUT2D eigenvalue weighted by Gasteiger charge is 2.14. The molecular weight excluding hydrogens is 369 g/mol. The maximum absolute atomic E-state index is 13.0. The highest BCUT2D eigenvalue weighted by atomic mass is 19.1. The van der Waals surface area contributed by atoms with E-state index in [9.17, 15) is 9.18 Å². The van der Waals surface area contributed by atoms with Gasteiger partial charge in [0.2, 0.25) is 5.88 Å². The van der Waals surface area contributed by atoms with Gasteiger partial charge in [-0.2, -0.15) is 0 Å². The predicted molar refractivity (Wildman–Crippen MR) is 110 cm³/mol. The minimum absolute atomic E-state index is 0.0517. The average Bonchev–Trinajstić information content (AvgIpc) is 2.71. The fraction of sp³-hybridized carbons (Fsp3) is 0.261. The highest BCUT2D eigenvalue weighted by Crippen LogP contribution is 2.22. The Balaban J connectivity index is 1.46. The molecule has 0 atom stereocenters. The number of carbonyl (C=O) groups excluding carboxylic acids is 1. The van der Waals surface area contributed by atoms with Crippen LogP contribution in [0.25, 0.3) is 11.3 Å². The third-order valence-electron chi connectivity index (χ3n) is 4.43. The van der Waals surface area contributed by atoms with Crippen LogP contribution in [0.4, 0.5) is 4.39 Å². The second-order valence-corrected chi connectivity index (χ2v) is 7.70. The number of hydrogen-bond acceptors (Lipinski definition) is 4. The van der Waals surface area contributed by atoms with Crippen LogP contribution in [0.15, 0.2) is 60.7 Å². The fourth-order valence-corrected chi connectivity index (χ4v) is 2.72. The Bertz CT molecular complexity index is 947. The van der Waals surface area contributed by atoms with Crippen molar-refractivity contribution < 1.29 is 13.9 Å². The van der Waals surface area contributed by atoms with Crippen LogP contribution in [-0.2, 0) is 5.41 Å². The van der Waals surface area contributed by atoms with Crippen LogP contribution >= 0.6 is 0 Å². The topological polar surface area (TPSA) is 64.1 Å². The fourth-order valence-electron chi connectivity index (χ4n) is 2.72. The van der Waals surface area contributed by atoms with Crippen molar-refractivity contribution in [1.29, 1.82) is 0 Å². The molecule has 0 radical (unpaired) electrons. The third kappa shape index (κ3) is 5.60. The molecule has 1 heterocycles. The lowest BCUT2D eigenvalue weighted by molar-refractivity contribution is 0.0946. The van der Waals surface area contributed by atoms with Crippen molar-refractivity contribution in [2.75, 3.05) is 13.2 Å². The van der Waals surface area contributed by atoms with Crippen LogP contribution in [0.3, 0.4) is 0 Å². The summed E-state index contributed by atoms with van der Waals surface area (Å²) in [5.41, 5.74) is 3.25. The van der Waals surface area contributed by atoms with Crippen LogP contribution < -0.4 is 10.1 Å². The van der Waals surface area contributed by atoms with E-state index in [2.05, 4.69) is 36.3 Å². The number of nitrogens with one attached hydrogen (secondary N) is 1. The molecular formula is C23H24FN3O2. The second-order valence-electron chi connectivity index (χ2n) is 7.70. The van der Waals surface area contributed by atoms with Gasteiger partial charge < -0.3 is 10.1 Å². The molecule has 1 amide bonds. The maximum atomic E-state index is 13.0. The first-order valence-electron chi connectivity index (χ1n) is 9.44. The number of nitrogens with zero attached hydrogens (tertiary/aromatic N) is 2. The van der Waals surface area contributed by atoms with E-state index in [4.69, 9.17) is 4.74 Å². The van der Waals surface area contributed by atoms with Crippen LogP contribution in [0.2, 0.25) is 0 Å². The Labute approximate surface area is 169 Å². The monoisotopic (exact) mass is 393 g/mol. The van der Waals surface area contributed by atoms with E-state index in [-0.39, 0.29) is 23.7 Å². The molecule has 0 bridgehead atoms. The molecule has 2 aromatic carbocycles. The molecule has 0 saturated heterocycles. The SMILES string of the molecule is CC(C)(C)c1ccc(C(=O)NCCOc2ccc(-c3ccc(F)cc3)nn2)cc1. The Morgan fingerprint density at radius 2 is 1.66 bits per heavy atom. The van der Waals surface area contributed by atoms with Crippen molar-refractivity contribution in [1.82, 2.24) is 15.5 Å². The molecule has 0 aliphatic heterocycles. The number of rotatable bonds is 6. The quantitative estimate of drug-likeness (QED) is 0.631. The maximum Gasteiger partial charge on any atom is 0.251 e. The van der Waals surface area contributed by atoms with E-state index in [1.807, 2.05) is 24.3 Å². The molecule has 1 aromatic heterocycles. The van der Waals surface area contributed by atoms with Gasteiger partial charge in [0, 0.05) is 17.2 Å². The standard InChI is InChI=1S/C23H24FN3O2/c1-23(2,3)18-8-4-17(5-9-18)22(28)25-14-15-29-21-13-12-20(26-27-21)16-6-10-19(24)11-7-16/h4-13H,14-15H2,1-3H3,(H,25,28). The Hall–Kier alpha value is -3.28. The molecule has 6 heteroatoms. The summed E-state index contributed by atoms with van der Waals surface area (Å²) < 4.78 is 18.5. The zero-order valence-corrected chi connectivity index (χ0v) is 16.8. The molecule has 0 aliphatic rings. The van der Waals surface area contributed by atoms with Crippen LogP contribution in [-0.4, -0.2) is 29.3 Å². The van der Waals surface area contributed by atoms with Gasteiger partial charge in [-0.3, -0.25) is 4.79 Å². The molecule has 3 rings (SSSR count). The van der Waals surface area contributed by atoms with E-state index in [1.54, 1.807) is 24.3 Å². The van der Waals surface area contributed by atoms with Gasteiger partial charge in [0.05, 0.1) is 12.2 Å². The average molecular weight is 393 g/mol. The molecule has 0 fully saturated rings. The van der Waals surface area contributed by atoms with Crippen molar-refractivity contribution in [3.8, 4) is 17.1 Å². The summed E-state index contributed by atoms with van der Waals surface area (Å²) in [4.78, 5) is 12.2. The second kappa shape index (κ2) is 8.82. The van der Waals surface area contributed by atoms with E-state index < -0.39 is 0 Å². The largest absolute Gasteiger partial charge is 0.475 e. The van der Waals surface area contributed by atoms with Crippen molar-refractivity contribution in [2.24, 2.45) is 0 Å². The lowest BCUT2D eigenvalue weighted by atomic mass is 9.87. The van der Waals surface area contributed by atoms with Gasteiger partial charge >= 0.3 is 0 Å². The summed E-state index contributed by atoms with van der Waals surface area (Å²) in [6.07, 6.45) is 0. The van der Waals surface area contributed by atoms with E-state index in [1.165, 1.54) is 17.7 Å². The predicted octanol–water partition coefficient (Wildman–Crippen LogP) is 4.39. The number of carbonyl (C=O) groups is 1. The number of ether oxygens (including phenoxy) is 1. The molecule has 1 N–H and O–H groups in total. The van der Waals surface area contributed by atoms with Gasteiger partial charge in [0.25, 0.3) is 5.91 Å². The molecule has 150 valence electrons. The first-order valence-corrected chi connectivity index (χ1v) is 9.44. The summed E-state index contributed by atoms with van der Waals surface area (Å²) in [6, 6.07) is 17.1. The van der Waals surface area contributed by atoms with E-state index in [0.29, 0.717) is 23.7 Å².